The molecule has 1 atom stereocenters. The van der Waals surface area contributed by atoms with Gasteiger partial charge in [-0.2, -0.15) is 0 Å². The van der Waals surface area contributed by atoms with Crippen molar-refractivity contribution in [2.24, 2.45) is 5.92 Å². The van der Waals surface area contributed by atoms with Gasteiger partial charge in [-0.05, 0) is 37.8 Å². The molecule has 0 aliphatic carbocycles. The van der Waals surface area contributed by atoms with E-state index in [1.807, 2.05) is 25.1 Å². The second kappa shape index (κ2) is 8.11. The molecule has 0 aromatic heterocycles. The molecule has 3 nitrogen and oxygen atoms in total. The number of rotatable bonds is 8. The lowest BCUT2D eigenvalue weighted by Gasteiger charge is -2.13. The van der Waals surface area contributed by atoms with Crippen molar-refractivity contribution < 1.29 is 14.6 Å². The van der Waals surface area contributed by atoms with Gasteiger partial charge in [-0.25, -0.2) is 0 Å². The monoisotopic (exact) mass is 270 g/mol. The highest BCUT2D eigenvalue weighted by atomic mass is 35.5. The van der Waals surface area contributed by atoms with Crippen LogP contribution in [-0.2, 0) is 16.0 Å². The first-order valence-corrected chi connectivity index (χ1v) is 6.57. The van der Waals surface area contributed by atoms with E-state index in [9.17, 15) is 9.90 Å². The maximum atomic E-state index is 11.2. The van der Waals surface area contributed by atoms with Gasteiger partial charge in [0, 0.05) is 18.2 Å². The first-order valence-electron chi connectivity index (χ1n) is 6.19. The number of carbonyl (C=O) groups is 1. The van der Waals surface area contributed by atoms with E-state index in [4.69, 9.17) is 16.3 Å². The average molecular weight is 271 g/mol. The van der Waals surface area contributed by atoms with Crippen LogP contribution in [0.4, 0.5) is 0 Å². The quantitative estimate of drug-likeness (QED) is 0.737. The summed E-state index contributed by atoms with van der Waals surface area (Å²) in [6.45, 7) is 3.21. The highest BCUT2D eigenvalue weighted by Crippen LogP contribution is 2.21. The molecular weight excluding hydrogens is 252 g/mol. The smallest absolute Gasteiger partial charge is 0.306 e. The molecule has 0 aliphatic heterocycles. The Morgan fingerprint density at radius 3 is 2.78 bits per heavy atom. The average Bonchev–Trinajstić information content (AvgIpc) is 2.35. The molecule has 0 fully saturated rings. The van der Waals surface area contributed by atoms with E-state index in [-0.39, 0.29) is 0 Å². The van der Waals surface area contributed by atoms with E-state index in [1.165, 1.54) is 0 Å². The van der Waals surface area contributed by atoms with Gasteiger partial charge in [0.25, 0.3) is 0 Å². The molecule has 0 bridgehead atoms. The molecule has 0 spiro atoms. The fraction of sp³-hybridized carbons (Fsp3) is 0.500. The molecular formula is C14H19ClO3. The van der Waals surface area contributed by atoms with Crippen LogP contribution in [0.15, 0.2) is 24.3 Å². The maximum Gasteiger partial charge on any atom is 0.306 e. The van der Waals surface area contributed by atoms with Crippen LogP contribution < -0.4 is 0 Å². The Labute approximate surface area is 113 Å². The third-order valence-corrected chi connectivity index (χ3v) is 3.19. The fourth-order valence-corrected chi connectivity index (χ4v) is 2.03. The van der Waals surface area contributed by atoms with E-state index < -0.39 is 11.9 Å². The van der Waals surface area contributed by atoms with Gasteiger partial charge in [0.05, 0.1) is 5.92 Å². The highest BCUT2D eigenvalue weighted by Gasteiger charge is 2.18. The minimum absolute atomic E-state index is 0.398. The number of benzene rings is 1. The normalized spacial score (nSPS) is 12.3. The molecule has 0 saturated carbocycles. The van der Waals surface area contributed by atoms with Gasteiger partial charge in [-0.15, -0.1) is 0 Å². The number of ether oxygens (including phenoxy) is 1. The lowest BCUT2D eigenvalue weighted by Crippen LogP contribution is -2.17. The fourth-order valence-electron chi connectivity index (χ4n) is 1.82. The zero-order valence-electron chi connectivity index (χ0n) is 10.6. The van der Waals surface area contributed by atoms with Crippen molar-refractivity contribution in [2.75, 3.05) is 13.2 Å². The van der Waals surface area contributed by atoms with Gasteiger partial charge < -0.3 is 9.84 Å². The maximum absolute atomic E-state index is 11.2. The summed E-state index contributed by atoms with van der Waals surface area (Å²) in [6, 6.07) is 7.38. The number of aliphatic carboxylic acids is 1. The van der Waals surface area contributed by atoms with Gasteiger partial charge in [0.1, 0.15) is 0 Å². The zero-order chi connectivity index (χ0) is 13.4. The van der Waals surface area contributed by atoms with Gasteiger partial charge in [0.15, 0.2) is 0 Å². The first kappa shape index (κ1) is 15.0. The van der Waals surface area contributed by atoms with Crippen LogP contribution in [0.3, 0.4) is 0 Å². The molecule has 1 unspecified atom stereocenters. The molecule has 100 valence electrons. The third kappa shape index (κ3) is 5.07. The van der Waals surface area contributed by atoms with E-state index >= 15 is 0 Å². The van der Waals surface area contributed by atoms with E-state index in [2.05, 4.69) is 0 Å². The second-order valence-electron chi connectivity index (χ2n) is 4.17. The minimum atomic E-state index is -0.772. The first-order chi connectivity index (χ1) is 8.65. The van der Waals surface area contributed by atoms with Crippen molar-refractivity contribution >= 4 is 17.6 Å². The predicted octanol–water partition coefficient (Wildman–Crippen LogP) is 3.40. The summed E-state index contributed by atoms with van der Waals surface area (Å²) in [4.78, 5) is 11.2. The Bertz CT molecular complexity index is 379. The molecule has 0 heterocycles. The molecule has 18 heavy (non-hydrogen) atoms. The number of hydrogen-bond donors (Lipinski definition) is 1. The number of hydrogen-bond acceptors (Lipinski definition) is 2. The topological polar surface area (TPSA) is 46.5 Å². The molecule has 1 rings (SSSR count). The number of halogens is 1. The predicted molar refractivity (Wildman–Crippen MR) is 72.0 cm³/mol. The van der Waals surface area contributed by atoms with Crippen LogP contribution in [-0.4, -0.2) is 24.3 Å². The third-order valence-electron chi connectivity index (χ3n) is 2.82. The lowest BCUT2D eigenvalue weighted by molar-refractivity contribution is -0.142. The molecule has 1 aromatic carbocycles. The van der Waals surface area contributed by atoms with Crippen molar-refractivity contribution in [2.45, 2.75) is 26.2 Å². The second-order valence-corrected chi connectivity index (χ2v) is 4.58. The Kier molecular flexibility index (Phi) is 6.76. The standard InChI is InChI=1S/C14H19ClO3/c1-2-18-9-5-7-12(14(16)17)10-11-6-3-4-8-13(11)15/h3-4,6,8,12H,2,5,7,9-10H2,1H3,(H,16,17). The molecule has 0 amide bonds. The molecule has 4 heteroatoms. The van der Waals surface area contributed by atoms with Gasteiger partial charge >= 0.3 is 5.97 Å². The Balaban J connectivity index is 2.53. The number of carboxylic acids is 1. The van der Waals surface area contributed by atoms with Gasteiger partial charge in [-0.3, -0.25) is 4.79 Å². The minimum Gasteiger partial charge on any atom is -0.481 e. The van der Waals surface area contributed by atoms with Crippen molar-refractivity contribution in [3.05, 3.63) is 34.9 Å². The largest absolute Gasteiger partial charge is 0.481 e. The molecule has 0 radical (unpaired) electrons. The van der Waals surface area contributed by atoms with Crippen LogP contribution in [0.1, 0.15) is 25.3 Å². The van der Waals surface area contributed by atoms with Crippen LogP contribution >= 0.6 is 11.6 Å². The highest BCUT2D eigenvalue weighted by molar-refractivity contribution is 6.31. The summed E-state index contributed by atoms with van der Waals surface area (Å²) >= 11 is 6.04. The molecule has 1 aromatic rings. The van der Waals surface area contributed by atoms with Gasteiger partial charge in [-0.1, -0.05) is 29.8 Å². The van der Waals surface area contributed by atoms with E-state index in [0.717, 1.165) is 12.0 Å². The lowest BCUT2D eigenvalue weighted by atomic mass is 9.95. The van der Waals surface area contributed by atoms with Crippen LogP contribution in [0.25, 0.3) is 0 Å². The van der Waals surface area contributed by atoms with E-state index in [1.54, 1.807) is 6.07 Å². The molecule has 0 saturated heterocycles. The van der Waals surface area contributed by atoms with Crippen LogP contribution in [0.5, 0.6) is 0 Å². The SMILES string of the molecule is CCOCCCC(Cc1ccccc1Cl)C(=O)O. The molecule has 0 aliphatic rings. The Morgan fingerprint density at radius 1 is 1.44 bits per heavy atom. The van der Waals surface area contributed by atoms with Crippen molar-refractivity contribution in [1.29, 1.82) is 0 Å². The molecule has 1 N–H and O–H groups in total. The summed E-state index contributed by atoms with van der Waals surface area (Å²) in [6.07, 6.45) is 1.84. The van der Waals surface area contributed by atoms with Crippen molar-refractivity contribution in [3.63, 3.8) is 0 Å². The van der Waals surface area contributed by atoms with Crippen LogP contribution in [0, 0.1) is 5.92 Å². The van der Waals surface area contributed by atoms with E-state index in [0.29, 0.717) is 31.1 Å². The summed E-state index contributed by atoms with van der Waals surface area (Å²) in [5.74, 6) is -1.17. The summed E-state index contributed by atoms with van der Waals surface area (Å²) in [5.41, 5.74) is 0.892. The summed E-state index contributed by atoms with van der Waals surface area (Å²) < 4.78 is 5.22. The van der Waals surface area contributed by atoms with Crippen molar-refractivity contribution in [1.82, 2.24) is 0 Å². The Morgan fingerprint density at radius 2 is 2.17 bits per heavy atom. The van der Waals surface area contributed by atoms with Gasteiger partial charge in [0.2, 0.25) is 0 Å². The van der Waals surface area contributed by atoms with Crippen molar-refractivity contribution in [3.8, 4) is 0 Å². The Hall–Kier alpha value is -1.06. The number of carboxylic acid groups (broad SMARTS) is 1. The summed E-state index contributed by atoms with van der Waals surface area (Å²) in [7, 11) is 0. The zero-order valence-corrected chi connectivity index (χ0v) is 11.3. The summed E-state index contributed by atoms with van der Waals surface area (Å²) in [5, 5.41) is 9.83. The van der Waals surface area contributed by atoms with Crippen LogP contribution in [0.2, 0.25) is 5.02 Å².